The zero-order valence-electron chi connectivity index (χ0n) is 23.6. The van der Waals surface area contributed by atoms with Crippen molar-refractivity contribution in [3.63, 3.8) is 0 Å². The Hall–Kier alpha value is -4.01. The van der Waals surface area contributed by atoms with Gasteiger partial charge in [0.05, 0.1) is 26.4 Å². The van der Waals surface area contributed by atoms with Gasteiger partial charge in [0, 0.05) is 43.4 Å². The minimum Gasteiger partial charge on any atom is -0.507 e. The number of methoxy groups -OCH3 is 1. The topological polar surface area (TPSA) is 90.6 Å². The average Bonchev–Trinajstić information content (AvgIpc) is 2.98. The van der Waals surface area contributed by atoms with Crippen LogP contribution in [0.5, 0.6) is 23.0 Å². The molecule has 0 saturated carbocycles. The fourth-order valence-corrected chi connectivity index (χ4v) is 5.02. The standard InChI is InChI=1S/C33H37NO7/c1-23(7-6-10-24-8-4-3-5-9-24)40-31-19-25(11-12-29(31)37-2)30-22-28(36)33-27(35)20-26(21-32(33)41-30)39-18-15-34-13-16-38-17-14-34/h3-5,8-9,11-12,19-23,35H,6-7,10,13-18H2,1-2H3. The molecule has 2 heterocycles. The van der Waals surface area contributed by atoms with Gasteiger partial charge in [-0.2, -0.15) is 0 Å². The molecule has 8 heteroatoms. The largest absolute Gasteiger partial charge is 0.507 e. The maximum atomic E-state index is 13.0. The van der Waals surface area contributed by atoms with Crippen molar-refractivity contribution in [1.29, 1.82) is 0 Å². The monoisotopic (exact) mass is 559 g/mol. The van der Waals surface area contributed by atoms with Gasteiger partial charge in [0.1, 0.15) is 34.8 Å². The van der Waals surface area contributed by atoms with E-state index < -0.39 is 0 Å². The lowest BCUT2D eigenvalue weighted by Gasteiger charge is -2.26. The van der Waals surface area contributed by atoms with E-state index in [-0.39, 0.29) is 28.3 Å². The molecule has 0 aliphatic carbocycles. The molecule has 1 saturated heterocycles. The van der Waals surface area contributed by atoms with Gasteiger partial charge in [0.25, 0.3) is 0 Å². The predicted molar refractivity (Wildman–Crippen MR) is 158 cm³/mol. The third-order valence-corrected chi connectivity index (χ3v) is 7.26. The van der Waals surface area contributed by atoms with Crippen molar-refractivity contribution in [2.75, 3.05) is 46.6 Å². The summed E-state index contributed by atoms with van der Waals surface area (Å²) in [6, 6.07) is 20.3. The quantitative estimate of drug-likeness (QED) is 0.237. The van der Waals surface area contributed by atoms with Crippen LogP contribution in [0.4, 0.5) is 0 Å². The van der Waals surface area contributed by atoms with Crippen molar-refractivity contribution >= 4 is 11.0 Å². The smallest absolute Gasteiger partial charge is 0.197 e. The Labute approximate surface area is 240 Å². The minimum absolute atomic E-state index is 0.0411. The van der Waals surface area contributed by atoms with E-state index in [0.29, 0.717) is 35.2 Å². The Morgan fingerprint density at radius 2 is 1.80 bits per heavy atom. The molecule has 0 radical (unpaired) electrons. The van der Waals surface area contributed by atoms with Crippen molar-refractivity contribution in [2.24, 2.45) is 0 Å². The number of benzene rings is 3. The molecule has 1 aliphatic heterocycles. The summed E-state index contributed by atoms with van der Waals surface area (Å²) >= 11 is 0. The minimum atomic E-state index is -0.341. The molecule has 4 aromatic rings. The molecule has 1 aromatic heterocycles. The molecule has 1 aliphatic rings. The number of rotatable bonds is 12. The van der Waals surface area contributed by atoms with Crippen LogP contribution in [0.15, 0.2) is 75.9 Å². The van der Waals surface area contributed by atoms with Crippen molar-refractivity contribution in [1.82, 2.24) is 4.90 Å². The van der Waals surface area contributed by atoms with Crippen LogP contribution in [0.1, 0.15) is 25.3 Å². The van der Waals surface area contributed by atoms with Crippen LogP contribution in [0, 0.1) is 0 Å². The van der Waals surface area contributed by atoms with Gasteiger partial charge in [0.15, 0.2) is 16.9 Å². The average molecular weight is 560 g/mol. The van der Waals surface area contributed by atoms with E-state index in [1.54, 1.807) is 19.2 Å². The van der Waals surface area contributed by atoms with Gasteiger partial charge in [-0.3, -0.25) is 9.69 Å². The number of aryl methyl sites for hydroxylation is 1. The summed E-state index contributed by atoms with van der Waals surface area (Å²) in [5, 5.41) is 10.7. The normalized spacial score (nSPS) is 14.6. The Balaban J connectivity index is 1.31. The molecule has 1 atom stereocenters. The maximum Gasteiger partial charge on any atom is 0.197 e. The number of nitrogens with zero attached hydrogens (tertiary/aromatic N) is 1. The predicted octanol–water partition coefficient (Wildman–Crippen LogP) is 5.68. The van der Waals surface area contributed by atoms with Gasteiger partial charge in [0.2, 0.25) is 0 Å². The Kier molecular flexibility index (Phi) is 9.44. The SMILES string of the molecule is COc1ccc(-c2cc(=O)c3c(O)cc(OCCN4CCOCC4)cc3o2)cc1OC(C)CCCc1ccccc1. The summed E-state index contributed by atoms with van der Waals surface area (Å²) in [6.45, 7) is 6.39. The van der Waals surface area contributed by atoms with Gasteiger partial charge in [-0.05, 0) is 49.9 Å². The first-order chi connectivity index (χ1) is 20.0. The fraction of sp³-hybridized carbons (Fsp3) is 0.364. The lowest BCUT2D eigenvalue weighted by Crippen LogP contribution is -2.38. The highest BCUT2D eigenvalue weighted by molar-refractivity contribution is 5.86. The van der Waals surface area contributed by atoms with Gasteiger partial charge in [-0.25, -0.2) is 0 Å². The second kappa shape index (κ2) is 13.6. The molecule has 41 heavy (non-hydrogen) atoms. The van der Waals surface area contributed by atoms with E-state index in [9.17, 15) is 9.90 Å². The van der Waals surface area contributed by atoms with Crippen LogP contribution in [0.3, 0.4) is 0 Å². The van der Waals surface area contributed by atoms with Crippen molar-refractivity contribution < 1.29 is 28.5 Å². The van der Waals surface area contributed by atoms with E-state index in [1.165, 1.54) is 17.7 Å². The number of hydrogen-bond acceptors (Lipinski definition) is 8. The molecular formula is C33H37NO7. The van der Waals surface area contributed by atoms with E-state index in [4.69, 9.17) is 23.4 Å². The lowest BCUT2D eigenvalue weighted by atomic mass is 10.1. The molecule has 0 spiro atoms. The number of hydrogen-bond donors (Lipinski definition) is 1. The first kappa shape index (κ1) is 28.5. The second-order valence-corrected chi connectivity index (χ2v) is 10.3. The highest BCUT2D eigenvalue weighted by atomic mass is 16.5. The number of morpholine rings is 1. The molecule has 8 nitrogen and oxygen atoms in total. The van der Waals surface area contributed by atoms with Crippen LogP contribution in [-0.2, 0) is 11.2 Å². The summed E-state index contributed by atoms with van der Waals surface area (Å²) in [7, 11) is 1.60. The number of phenolic OH excluding ortho intramolecular Hbond substituents is 1. The Morgan fingerprint density at radius 1 is 1.00 bits per heavy atom. The van der Waals surface area contributed by atoms with Crippen LogP contribution < -0.4 is 19.6 Å². The van der Waals surface area contributed by atoms with Crippen molar-refractivity contribution in [2.45, 2.75) is 32.3 Å². The van der Waals surface area contributed by atoms with Crippen molar-refractivity contribution in [3.8, 4) is 34.3 Å². The molecule has 0 amide bonds. The summed E-state index contributed by atoms with van der Waals surface area (Å²) < 4.78 is 29.2. The summed E-state index contributed by atoms with van der Waals surface area (Å²) in [4.78, 5) is 15.3. The third kappa shape index (κ3) is 7.39. The van der Waals surface area contributed by atoms with Crippen LogP contribution in [-0.4, -0.2) is 62.7 Å². The molecular weight excluding hydrogens is 522 g/mol. The highest BCUT2D eigenvalue weighted by Gasteiger charge is 2.17. The van der Waals surface area contributed by atoms with E-state index >= 15 is 0 Å². The van der Waals surface area contributed by atoms with Crippen LogP contribution in [0.25, 0.3) is 22.3 Å². The molecule has 1 N–H and O–H groups in total. The Morgan fingerprint density at radius 3 is 2.59 bits per heavy atom. The molecule has 0 bridgehead atoms. The van der Waals surface area contributed by atoms with Crippen LogP contribution in [0.2, 0.25) is 0 Å². The molecule has 3 aromatic carbocycles. The van der Waals surface area contributed by atoms with E-state index in [0.717, 1.165) is 52.1 Å². The number of ether oxygens (including phenoxy) is 4. The first-order valence-corrected chi connectivity index (χ1v) is 14.1. The van der Waals surface area contributed by atoms with Gasteiger partial charge >= 0.3 is 0 Å². The zero-order valence-corrected chi connectivity index (χ0v) is 23.6. The molecule has 1 fully saturated rings. The van der Waals surface area contributed by atoms with E-state index in [1.807, 2.05) is 25.1 Å². The maximum absolute atomic E-state index is 13.0. The first-order valence-electron chi connectivity index (χ1n) is 14.1. The second-order valence-electron chi connectivity index (χ2n) is 10.3. The van der Waals surface area contributed by atoms with Crippen molar-refractivity contribution in [3.05, 3.63) is 82.5 Å². The number of phenols is 1. The fourth-order valence-electron chi connectivity index (χ4n) is 5.02. The van der Waals surface area contributed by atoms with Gasteiger partial charge in [-0.1, -0.05) is 30.3 Å². The number of aromatic hydroxyl groups is 1. The zero-order chi connectivity index (χ0) is 28.6. The molecule has 1 unspecified atom stereocenters. The third-order valence-electron chi connectivity index (χ3n) is 7.26. The van der Waals surface area contributed by atoms with Gasteiger partial charge in [-0.15, -0.1) is 0 Å². The highest BCUT2D eigenvalue weighted by Crippen LogP contribution is 2.36. The molecule has 5 rings (SSSR count). The molecule has 216 valence electrons. The van der Waals surface area contributed by atoms with E-state index in [2.05, 4.69) is 29.2 Å². The number of fused-ring (bicyclic) bond motifs is 1. The summed E-state index contributed by atoms with van der Waals surface area (Å²) in [5.41, 5.74) is 1.88. The lowest BCUT2D eigenvalue weighted by molar-refractivity contribution is 0.0322. The van der Waals surface area contributed by atoms with Gasteiger partial charge < -0.3 is 28.5 Å². The Bertz CT molecular complexity index is 1500. The van der Waals surface area contributed by atoms with Crippen LogP contribution >= 0.6 is 0 Å². The summed E-state index contributed by atoms with van der Waals surface area (Å²) in [6.07, 6.45) is 2.81. The summed E-state index contributed by atoms with van der Waals surface area (Å²) in [5.74, 6) is 1.79.